The first-order chi connectivity index (χ1) is 15.1. The van der Waals surface area contributed by atoms with E-state index in [2.05, 4.69) is 23.3 Å². The summed E-state index contributed by atoms with van der Waals surface area (Å²) in [5.41, 5.74) is 2.09. The first-order valence-corrected chi connectivity index (χ1v) is 12.7. The first-order valence-electron chi connectivity index (χ1n) is 10.3. The Hall–Kier alpha value is -2.82. The summed E-state index contributed by atoms with van der Waals surface area (Å²) >= 11 is 1.54. The minimum Gasteiger partial charge on any atom is -0.415 e. The maximum absolute atomic E-state index is 14.2. The van der Waals surface area contributed by atoms with Crippen molar-refractivity contribution < 1.29 is 13.6 Å². The van der Waals surface area contributed by atoms with Gasteiger partial charge in [-0.25, -0.2) is 9.55 Å². The van der Waals surface area contributed by atoms with Gasteiger partial charge in [-0.3, -0.25) is 0 Å². The van der Waals surface area contributed by atoms with Gasteiger partial charge in [0.1, 0.15) is 11.5 Å². The van der Waals surface area contributed by atoms with Crippen LogP contribution in [0, 0.1) is 6.92 Å². The SMILES string of the molecule is CCC[C@H](Nc1nc2ccc(C)cc2s1)P(=O)(Oc1ccccc1)Oc1ccccc1. The molecule has 0 unspecified atom stereocenters. The molecule has 0 aliphatic heterocycles. The molecule has 0 fully saturated rings. The van der Waals surface area contributed by atoms with Crippen LogP contribution in [0.1, 0.15) is 25.3 Å². The summed E-state index contributed by atoms with van der Waals surface area (Å²) in [5, 5.41) is 4.07. The van der Waals surface area contributed by atoms with Gasteiger partial charge < -0.3 is 14.4 Å². The Labute approximate surface area is 186 Å². The molecule has 0 spiro atoms. The van der Waals surface area contributed by atoms with E-state index in [-0.39, 0.29) is 0 Å². The average molecular weight is 453 g/mol. The van der Waals surface area contributed by atoms with Gasteiger partial charge >= 0.3 is 7.60 Å². The number of aromatic nitrogens is 1. The van der Waals surface area contributed by atoms with Crippen LogP contribution in [-0.4, -0.2) is 10.8 Å². The highest BCUT2D eigenvalue weighted by molar-refractivity contribution is 7.55. The number of aryl methyl sites for hydroxylation is 1. The third kappa shape index (κ3) is 5.27. The summed E-state index contributed by atoms with van der Waals surface area (Å²) in [5.74, 6) is 0.453. The smallest absolute Gasteiger partial charge is 0.415 e. The van der Waals surface area contributed by atoms with Crippen molar-refractivity contribution in [3.05, 3.63) is 84.4 Å². The van der Waals surface area contributed by atoms with Crippen LogP contribution in [-0.2, 0) is 4.57 Å². The molecule has 160 valence electrons. The quantitative estimate of drug-likeness (QED) is 0.267. The van der Waals surface area contributed by atoms with Gasteiger partial charge in [0.15, 0.2) is 10.9 Å². The molecule has 0 amide bonds. The molecule has 0 aliphatic carbocycles. The van der Waals surface area contributed by atoms with E-state index in [1.807, 2.05) is 55.5 Å². The Morgan fingerprint density at radius 1 is 0.968 bits per heavy atom. The molecule has 0 saturated heterocycles. The number of nitrogens with one attached hydrogen (secondary N) is 1. The minimum atomic E-state index is -3.65. The number of hydrogen-bond acceptors (Lipinski definition) is 6. The van der Waals surface area contributed by atoms with E-state index in [0.29, 0.717) is 23.1 Å². The average Bonchev–Trinajstić information content (AvgIpc) is 3.16. The Morgan fingerprint density at radius 3 is 2.16 bits per heavy atom. The Morgan fingerprint density at radius 2 is 1.58 bits per heavy atom. The number of nitrogens with zero attached hydrogens (tertiary/aromatic N) is 1. The van der Waals surface area contributed by atoms with Crippen molar-refractivity contribution in [3.8, 4) is 11.5 Å². The molecule has 31 heavy (non-hydrogen) atoms. The Kier molecular flexibility index (Phi) is 6.59. The summed E-state index contributed by atoms with van der Waals surface area (Å²) in [6.07, 6.45) is 1.41. The van der Waals surface area contributed by atoms with Gasteiger partial charge in [-0.1, -0.05) is 67.1 Å². The topological polar surface area (TPSA) is 60.5 Å². The molecule has 1 N–H and O–H groups in total. The number of hydrogen-bond donors (Lipinski definition) is 1. The fraction of sp³-hybridized carbons (Fsp3) is 0.208. The second kappa shape index (κ2) is 9.54. The number of para-hydroxylation sites is 2. The summed E-state index contributed by atoms with van der Waals surface area (Å²) in [4.78, 5) is 4.68. The van der Waals surface area contributed by atoms with Gasteiger partial charge in [0.2, 0.25) is 0 Å². The van der Waals surface area contributed by atoms with Gasteiger partial charge in [-0.05, 0) is 55.3 Å². The second-order valence-corrected chi connectivity index (χ2v) is 10.4. The van der Waals surface area contributed by atoms with Gasteiger partial charge in [-0.15, -0.1) is 0 Å². The van der Waals surface area contributed by atoms with Crippen LogP contribution in [0.25, 0.3) is 10.2 Å². The van der Waals surface area contributed by atoms with Crippen molar-refractivity contribution in [1.82, 2.24) is 4.98 Å². The lowest BCUT2D eigenvalue weighted by Crippen LogP contribution is -2.25. The molecule has 3 aromatic carbocycles. The van der Waals surface area contributed by atoms with Crippen LogP contribution in [0.4, 0.5) is 5.13 Å². The van der Waals surface area contributed by atoms with Crippen LogP contribution in [0.15, 0.2) is 78.9 Å². The number of benzene rings is 3. The number of thiazole rings is 1. The van der Waals surface area contributed by atoms with Crippen molar-refractivity contribution in [2.75, 3.05) is 5.32 Å². The fourth-order valence-electron chi connectivity index (χ4n) is 3.22. The van der Waals surface area contributed by atoms with E-state index in [9.17, 15) is 4.57 Å². The number of anilines is 1. The summed E-state index contributed by atoms with van der Waals surface area (Å²) < 4.78 is 27.3. The standard InChI is InChI=1S/C24H25N2O3PS/c1-3-10-23(26-24-25-21-16-15-18(2)17-22(21)31-24)30(27,28-19-11-6-4-7-12-19)29-20-13-8-5-9-14-20/h4-9,11-17,23H,3,10H2,1-2H3,(H,25,26)/t23-/m1/s1. The predicted octanol–water partition coefficient (Wildman–Crippen LogP) is 7.49. The van der Waals surface area contributed by atoms with E-state index in [0.717, 1.165) is 16.6 Å². The van der Waals surface area contributed by atoms with Gasteiger partial charge in [0.05, 0.1) is 10.2 Å². The van der Waals surface area contributed by atoms with Crippen LogP contribution in [0.5, 0.6) is 11.5 Å². The van der Waals surface area contributed by atoms with Crippen molar-refractivity contribution in [2.45, 2.75) is 32.5 Å². The van der Waals surface area contributed by atoms with E-state index in [1.54, 1.807) is 24.3 Å². The van der Waals surface area contributed by atoms with Gasteiger partial charge in [0.25, 0.3) is 0 Å². The van der Waals surface area contributed by atoms with Crippen molar-refractivity contribution in [1.29, 1.82) is 0 Å². The largest absolute Gasteiger partial charge is 0.452 e. The molecule has 0 bridgehead atoms. The van der Waals surface area contributed by atoms with E-state index in [1.165, 1.54) is 16.9 Å². The highest BCUT2D eigenvalue weighted by Crippen LogP contribution is 2.54. The van der Waals surface area contributed by atoms with Crippen LogP contribution < -0.4 is 14.4 Å². The van der Waals surface area contributed by atoms with Gasteiger partial charge in [-0.2, -0.15) is 0 Å². The molecule has 0 radical (unpaired) electrons. The monoisotopic (exact) mass is 452 g/mol. The molecular weight excluding hydrogens is 427 g/mol. The van der Waals surface area contributed by atoms with E-state index < -0.39 is 13.4 Å². The maximum Gasteiger partial charge on any atom is 0.452 e. The second-order valence-electron chi connectivity index (χ2n) is 7.29. The first kappa shape index (κ1) is 21.4. The normalized spacial score (nSPS) is 12.5. The van der Waals surface area contributed by atoms with Crippen LogP contribution in [0.3, 0.4) is 0 Å². The number of fused-ring (bicyclic) bond motifs is 1. The number of rotatable bonds is 9. The van der Waals surface area contributed by atoms with Crippen LogP contribution >= 0.6 is 18.9 Å². The molecule has 1 atom stereocenters. The zero-order chi connectivity index (χ0) is 21.7. The molecular formula is C24H25N2O3PS. The summed E-state index contributed by atoms with van der Waals surface area (Å²) in [6, 6.07) is 24.4. The van der Waals surface area contributed by atoms with E-state index in [4.69, 9.17) is 9.05 Å². The van der Waals surface area contributed by atoms with Crippen LogP contribution in [0.2, 0.25) is 0 Å². The zero-order valence-electron chi connectivity index (χ0n) is 17.5. The molecule has 5 nitrogen and oxygen atoms in total. The van der Waals surface area contributed by atoms with E-state index >= 15 is 0 Å². The Balaban J connectivity index is 1.68. The highest BCUT2D eigenvalue weighted by atomic mass is 32.1. The molecule has 1 aromatic heterocycles. The molecule has 7 heteroatoms. The highest BCUT2D eigenvalue weighted by Gasteiger charge is 2.39. The summed E-state index contributed by atoms with van der Waals surface area (Å²) in [6.45, 7) is 4.10. The molecule has 0 saturated carbocycles. The third-order valence-corrected chi connectivity index (χ3v) is 7.76. The fourth-order valence-corrected chi connectivity index (χ4v) is 6.30. The molecule has 0 aliphatic rings. The lowest BCUT2D eigenvalue weighted by molar-refractivity contribution is 0.372. The third-order valence-electron chi connectivity index (χ3n) is 4.73. The Bertz CT molecular complexity index is 1140. The minimum absolute atomic E-state index is 0.504. The molecule has 4 rings (SSSR count). The van der Waals surface area contributed by atoms with Crippen molar-refractivity contribution in [2.24, 2.45) is 0 Å². The van der Waals surface area contributed by atoms with Gasteiger partial charge in [0, 0.05) is 0 Å². The molecule has 4 aromatic rings. The maximum atomic E-state index is 14.2. The van der Waals surface area contributed by atoms with Crippen molar-refractivity contribution >= 4 is 34.3 Å². The predicted molar refractivity (Wildman–Crippen MR) is 128 cm³/mol. The molecule has 1 heterocycles. The zero-order valence-corrected chi connectivity index (χ0v) is 19.2. The lowest BCUT2D eigenvalue weighted by Gasteiger charge is -2.27. The summed E-state index contributed by atoms with van der Waals surface area (Å²) in [7, 11) is -3.65. The lowest BCUT2D eigenvalue weighted by atomic mass is 10.2. The van der Waals surface area contributed by atoms with Crippen molar-refractivity contribution in [3.63, 3.8) is 0 Å².